The molecule has 4 fully saturated rings. The molecule has 5 aliphatic rings. The zero-order valence-corrected chi connectivity index (χ0v) is 28.6. The molecule has 0 saturated carbocycles. The maximum atomic E-state index is 6.96. The van der Waals surface area contributed by atoms with E-state index in [2.05, 4.69) is 36.4 Å². The Labute approximate surface area is 294 Å². The lowest BCUT2D eigenvalue weighted by molar-refractivity contribution is -0.306. The van der Waals surface area contributed by atoms with Crippen molar-refractivity contribution in [2.45, 2.75) is 113 Å². The first-order valence-electron chi connectivity index (χ1n) is 18.1. The van der Waals surface area contributed by atoms with E-state index in [-0.39, 0.29) is 61.0 Å². The van der Waals surface area contributed by atoms with Gasteiger partial charge in [-0.15, -0.1) is 0 Å². The van der Waals surface area contributed by atoms with Crippen LogP contribution < -0.4 is 4.74 Å². The molecule has 266 valence electrons. The van der Waals surface area contributed by atoms with Crippen LogP contribution in [0.1, 0.15) is 55.1 Å². The molecule has 5 heterocycles. The highest BCUT2D eigenvalue weighted by Crippen LogP contribution is 2.40. The SMILES string of the molecule is COc1ccc([C@@H]2OC[C@H]3O[C@H]4CC[C@H]5O[C@H]6C[C@@H](OCc7ccccc7)[C@H](COCc7ccccc7)O[C@@H]6C/C=C\[C@@H]5O[C@@H]4C[C@@H]3O2)cc1. The average Bonchev–Trinajstić information content (AvgIpc) is 3.31. The first kappa shape index (κ1) is 34.0. The number of ether oxygens (including phenoxy) is 9. The van der Waals surface area contributed by atoms with E-state index in [0.29, 0.717) is 26.4 Å². The van der Waals surface area contributed by atoms with Crippen molar-refractivity contribution < 1.29 is 42.6 Å². The number of methoxy groups -OCH3 is 1. The van der Waals surface area contributed by atoms with Crippen LogP contribution in [0.15, 0.2) is 97.1 Å². The van der Waals surface area contributed by atoms with Crippen molar-refractivity contribution in [3.63, 3.8) is 0 Å². The van der Waals surface area contributed by atoms with Crippen LogP contribution in [0.5, 0.6) is 5.75 Å². The van der Waals surface area contributed by atoms with Crippen molar-refractivity contribution in [3.8, 4) is 5.75 Å². The minimum absolute atomic E-state index is 0.0438. The standard InChI is InChI=1S/C41H48O9/c1-42-30-17-15-29(16-18-30)41-45-26-40-38(50-41)22-37-34(49-40)20-19-33-31(46-37)13-8-14-32-36(47-33)21-35(44-24-28-11-6-3-7-12-28)39(48-32)25-43-23-27-9-4-2-5-10-27/h2-13,15-18,31-41H,14,19-26H2,1H3/b13-8-/t31-,32+,33+,34-,35+,36-,37+,38-,39-,40+,41+/m0/s1. The molecule has 0 N–H and O–H groups in total. The number of hydrogen-bond donors (Lipinski definition) is 0. The molecule has 5 aliphatic heterocycles. The van der Waals surface area contributed by atoms with Crippen LogP contribution in [0.25, 0.3) is 0 Å². The predicted octanol–water partition coefficient (Wildman–Crippen LogP) is 6.49. The summed E-state index contributed by atoms with van der Waals surface area (Å²) in [6.45, 7) is 1.97. The third-order valence-corrected chi connectivity index (χ3v) is 10.6. The van der Waals surface area contributed by atoms with Crippen molar-refractivity contribution in [2.75, 3.05) is 20.3 Å². The lowest BCUT2D eigenvalue weighted by atomic mass is 9.93. The molecule has 9 nitrogen and oxygen atoms in total. The van der Waals surface area contributed by atoms with Crippen molar-refractivity contribution in [2.24, 2.45) is 0 Å². The Kier molecular flexibility index (Phi) is 10.9. The number of fused-ring (bicyclic) bond motifs is 4. The van der Waals surface area contributed by atoms with Gasteiger partial charge in [-0.25, -0.2) is 0 Å². The molecule has 11 atom stereocenters. The molecule has 8 rings (SSSR count). The van der Waals surface area contributed by atoms with Gasteiger partial charge in [0.25, 0.3) is 0 Å². The molecule has 0 bridgehead atoms. The Balaban J connectivity index is 0.923. The average molecular weight is 685 g/mol. The van der Waals surface area contributed by atoms with Crippen molar-refractivity contribution in [3.05, 3.63) is 114 Å². The number of hydrogen-bond acceptors (Lipinski definition) is 9. The van der Waals surface area contributed by atoms with E-state index in [4.69, 9.17) is 42.6 Å². The molecular formula is C41H48O9. The highest BCUT2D eigenvalue weighted by Gasteiger charge is 2.48. The van der Waals surface area contributed by atoms with Gasteiger partial charge in [-0.05, 0) is 42.5 Å². The molecule has 0 unspecified atom stereocenters. The van der Waals surface area contributed by atoms with E-state index < -0.39 is 6.29 Å². The normalized spacial score (nSPS) is 35.9. The van der Waals surface area contributed by atoms with Crippen LogP contribution in [-0.4, -0.2) is 81.4 Å². The van der Waals surface area contributed by atoms with Crippen LogP contribution in [0.3, 0.4) is 0 Å². The Morgan fingerprint density at radius 3 is 2.12 bits per heavy atom. The summed E-state index contributed by atoms with van der Waals surface area (Å²) < 4.78 is 57.8. The summed E-state index contributed by atoms with van der Waals surface area (Å²) in [7, 11) is 1.66. The fraction of sp³-hybridized carbons (Fsp3) is 0.512. The second-order valence-corrected chi connectivity index (χ2v) is 13.9. The maximum Gasteiger partial charge on any atom is 0.184 e. The van der Waals surface area contributed by atoms with Gasteiger partial charge in [0, 0.05) is 18.4 Å². The molecule has 0 spiro atoms. The summed E-state index contributed by atoms with van der Waals surface area (Å²) in [4.78, 5) is 0. The highest BCUT2D eigenvalue weighted by atomic mass is 16.7. The van der Waals surface area contributed by atoms with Crippen molar-refractivity contribution >= 4 is 0 Å². The third kappa shape index (κ3) is 8.01. The molecule has 0 radical (unpaired) electrons. The van der Waals surface area contributed by atoms with Gasteiger partial charge in [0.1, 0.15) is 24.1 Å². The van der Waals surface area contributed by atoms with Gasteiger partial charge in [-0.2, -0.15) is 0 Å². The van der Waals surface area contributed by atoms with Crippen LogP contribution in [0.4, 0.5) is 0 Å². The lowest BCUT2D eigenvalue weighted by Crippen LogP contribution is -2.54. The topological polar surface area (TPSA) is 83.1 Å². The van der Waals surface area contributed by atoms with Crippen molar-refractivity contribution in [1.82, 2.24) is 0 Å². The predicted molar refractivity (Wildman–Crippen MR) is 185 cm³/mol. The Morgan fingerprint density at radius 1 is 0.640 bits per heavy atom. The van der Waals surface area contributed by atoms with E-state index in [9.17, 15) is 0 Å². The maximum absolute atomic E-state index is 6.96. The first-order chi connectivity index (χ1) is 24.7. The van der Waals surface area contributed by atoms with E-state index in [1.54, 1.807) is 7.11 Å². The van der Waals surface area contributed by atoms with E-state index in [1.807, 2.05) is 60.7 Å². The molecular weight excluding hydrogens is 636 g/mol. The summed E-state index contributed by atoms with van der Waals surface area (Å²) in [6, 6.07) is 28.3. The lowest BCUT2D eigenvalue weighted by Gasteiger charge is -2.45. The molecule has 4 saturated heterocycles. The van der Waals surface area contributed by atoms with Crippen LogP contribution in [0.2, 0.25) is 0 Å². The molecule has 50 heavy (non-hydrogen) atoms. The van der Waals surface area contributed by atoms with Crippen LogP contribution in [-0.2, 0) is 51.1 Å². The summed E-state index contributed by atoms with van der Waals surface area (Å²) in [5, 5.41) is 0. The van der Waals surface area contributed by atoms with E-state index in [0.717, 1.165) is 54.5 Å². The fourth-order valence-corrected chi connectivity index (χ4v) is 7.85. The molecule has 0 aliphatic carbocycles. The summed E-state index contributed by atoms with van der Waals surface area (Å²) in [5.74, 6) is 0.802. The van der Waals surface area contributed by atoms with Gasteiger partial charge in [-0.3, -0.25) is 0 Å². The van der Waals surface area contributed by atoms with Crippen LogP contribution in [0, 0.1) is 0 Å². The van der Waals surface area contributed by atoms with Gasteiger partial charge in [0.15, 0.2) is 6.29 Å². The van der Waals surface area contributed by atoms with Gasteiger partial charge < -0.3 is 42.6 Å². The first-order valence-corrected chi connectivity index (χ1v) is 18.1. The molecule has 0 aromatic heterocycles. The Morgan fingerprint density at radius 2 is 1.34 bits per heavy atom. The molecule has 0 amide bonds. The summed E-state index contributed by atoms with van der Waals surface area (Å²) in [5.41, 5.74) is 3.23. The van der Waals surface area contributed by atoms with Crippen LogP contribution >= 0.6 is 0 Å². The smallest absolute Gasteiger partial charge is 0.184 e. The van der Waals surface area contributed by atoms with E-state index in [1.165, 1.54) is 0 Å². The molecule has 3 aromatic rings. The monoisotopic (exact) mass is 684 g/mol. The number of benzene rings is 3. The van der Waals surface area contributed by atoms with Gasteiger partial charge in [0.05, 0.1) is 76.3 Å². The third-order valence-electron chi connectivity index (χ3n) is 10.6. The van der Waals surface area contributed by atoms with Gasteiger partial charge in [-0.1, -0.05) is 84.9 Å². The van der Waals surface area contributed by atoms with Gasteiger partial charge in [0.2, 0.25) is 0 Å². The highest BCUT2D eigenvalue weighted by molar-refractivity contribution is 5.28. The summed E-state index contributed by atoms with van der Waals surface area (Å²) in [6.07, 6.45) is 6.50. The zero-order valence-electron chi connectivity index (χ0n) is 28.6. The second-order valence-electron chi connectivity index (χ2n) is 13.9. The molecule has 3 aromatic carbocycles. The Hall–Kier alpha value is -3.12. The van der Waals surface area contributed by atoms with E-state index >= 15 is 0 Å². The minimum Gasteiger partial charge on any atom is -0.497 e. The largest absolute Gasteiger partial charge is 0.497 e. The number of rotatable bonds is 9. The quantitative estimate of drug-likeness (QED) is 0.235. The minimum atomic E-state index is -0.446. The van der Waals surface area contributed by atoms with Gasteiger partial charge >= 0.3 is 0 Å². The fourth-order valence-electron chi connectivity index (χ4n) is 7.85. The summed E-state index contributed by atoms with van der Waals surface area (Å²) >= 11 is 0. The van der Waals surface area contributed by atoms with Crippen molar-refractivity contribution in [1.29, 1.82) is 0 Å². The molecule has 9 heteroatoms. The Bertz CT molecular complexity index is 1520. The zero-order chi connectivity index (χ0) is 33.7. The second kappa shape index (κ2) is 16.0.